The Kier molecular flexibility index (Phi) is 2.47. The molecule has 3 aromatic rings. The van der Waals surface area contributed by atoms with Crippen LogP contribution in [0.25, 0.3) is 21.8 Å². The minimum Gasteiger partial charge on any atom is -0.358 e. The molecule has 94 valence electrons. The third-order valence-electron chi connectivity index (χ3n) is 3.65. The second-order valence-electron chi connectivity index (χ2n) is 5.79. The maximum atomic E-state index is 3.51. The molecule has 0 saturated carbocycles. The van der Waals surface area contributed by atoms with Crippen LogP contribution in [0.1, 0.15) is 50.9 Å². The number of hydrogen-bond acceptors (Lipinski definition) is 0. The van der Waals surface area contributed by atoms with Crippen molar-refractivity contribution in [3.05, 3.63) is 35.7 Å². The van der Waals surface area contributed by atoms with Gasteiger partial charge in [-0.1, -0.05) is 27.7 Å². The topological polar surface area (TPSA) is 31.6 Å². The Hall–Kier alpha value is -1.70. The molecule has 3 rings (SSSR count). The third-order valence-corrected chi connectivity index (χ3v) is 3.65. The van der Waals surface area contributed by atoms with E-state index in [2.05, 4.69) is 61.9 Å². The van der Waals surface area contributed by atoms with Gasteiger partial charge in [-0.2, -0.15) is 0 Å². The highest BCUT2D eigenvalue weighted by atomic mass is 14.7. The van der Waals surface area contributed by atoms with E-state index in [1.54, 1.807) is 0 Å². The van der Waals surface area contributed by atoms with Gasteiger partial charge in [0.05, 0.1) is 0 Å². The molecule has 0 atom stereocenters. The molecule has 2 nitrogen and oxygen atoms in total. The van der Waals surface area contributed by atoms with Crippen molar-refractivity contribution in [2.24, 2.45) is 0 Å². The molecule has 0 aliphatic heterocycles. The molecule has 0 radical (unpaired) electrons. The molecule has 0 fully saturated rings. The van der Waals surface area contributed by atoms with E-state index in [-0.39, 0.29) is 0 Å². The van der Waals surface area contributed by atoms with Gasteiger partial charge in [0.2, 0.25) is 0 Å². The summed E-state index contributed by atoms with van der Waals surface area (Å²) in [6.45, 7) is 8.86. The first-order valence-corrected chi connectivity index (χ1v) is 6.70. The zero-order valence-corrected chi connectivity index (χ0v) is 11.5. The smallest absolute Gasteiger partial charge is 0.0477 e. The van der Waals surface area contributed by atoms with Crippen LogP contribution in [0.3, 0.4) is 0 Å². The predicted molar refractivity (Wildman–Crippen MR) is 78.3 cm³/mol. The van der Waals surface area contributed by atoms with Crippen molar-refractivity contribution in [1.82, 2.24) is 9.97 Å². The summed E-state index contributed by atoms with van der Waals surface area (Å²) in [6.07, 6.45) is 0. The fourth-order valence-electron chi connectivity index (χ4n) is 2.43. The van der Waals surface area contributed by atoms with Gasteiger partial charge in [0.25, 0.3) is 0 Å². The Bertz CT molecular complexity index is 590. The zero-order valence-electron chi connectivity index (χ0n) is 11.5. The average Bonchev–Trinajstić information content (AvgIpc) is 2.87. The van der Waals surface area contributed by atoms with Crippen LogP contribution in [0.15, 0.2) is 24.3 Å². The van der Waals surface area contributed by atoms with Crippen molar-refractivity contribution in [3.8, 4) is 0 Å². The summed E-state index contributed by atoms with van der Waals surface area (Å²) in [6, 6.07) is 9.03. The largest absolute Gasteiger partial charge is 0.358 e. The Morgan fingerprint density at radius 1 is 0.667 bits per heavy atom. The maximum absolute atomic E-state index is 3.51. The van der Waals surface area contributed by atoms with E-state index in [1.807, 2.05) is 0 Å². The van der Waals surface area contributed by atoms with Crippen molar-refractivity contribution in [2.45, 2.75) is 39.5 Å². The van der Waals surface area contributed by atoms with Crippen molar-refractivity contribution < 1.29 is 0 Å². The lowest BCUT2D eigenvalue weighted by Gasteiger charge is -1.98. The predicted octanol–water partition coefficient (Wildman–Crippen LogP) is 4.90. The van der Waals surface area contributed by atoms with E-state index in [0.717, 1.165) is 0 Å². The highest BCUT2D eigenvalue weighted by Gasteiger charge is 2.08. The van der Waals surface area contributed by atoms with Crippen LogP contribution in [-0.2, 0) is 0 Å². The molecule has 18 heavy (non-hydrogen) atoms. The highest BCUT2D eigenvalue weighted by Crippen LogP contribution is 2.28. The summed E-state index contributed by atoms with van der Waals surface area (Å²) in [5.74, 6) is 1.09. The van der Waals surface area contributed by atoms with E-state index >= 15 is 0 Å². The summed E-state index contributed by atoms with van der Waals surface area (Å²) < 4.78 is 0. The molecule has 0 aliphatic carbocycles. The van der Waals surface area contributed by atoms with Gasteiger partial charge in [-0.25, -0.2) is 0 Å². The van der Waals surface area contributed by atoms with Crippen LogP contribution in [0.4, 0.5) is 0 Å². The lowest BCUT2D eigenvalue weighted by Crippen LogP contribution is -1.85. The van der Waals surface area contributed by atoms with E-state index in [9.17, 15) is 0 Å². The lowest BCUT2D eigenvalue weighted by atomic mass is 10.1. The molecular formula is C16H20N2. The van der Waals surface area contributed by atoms with Gasteiger partial charge in [-0.3, -0.25) is 0 Å². The van der Waals surface area contributed by atoms with Gasteiger partial charge in [0.15, 0.2) is 0 Å². The molecular weight excluding hydrogens is 220 g/mol. The fraction of sp³-hybridized carbons (Fsp3) is 0.375. The molecule has 2 heterocycles. The third kappa shape index (κ3) is 1.72. The number of benzene rings is 1. The average molecular weight is 240 g/mol. The van der Waals surface area contributed by atoms with Crippen LogP contribution in [0.5, 0.6) is 0 Å². The quantitative estimate of drug-likeness (QED) is 0.638. The number of fused-ring (bicyclic) bond motifs is 2. The summed E-state index contributed by atoms with van der Waals surface area (Å²) in [5.41, 5.74) is 5.06. The first-order chi connectivity index (χ1) is 8.54. The molecule has 2 N–H and O–H groups in total. The van der Waals surface area contributed by atoms with Gasteiger partial charge in [-0.15, -0.1) is 0 Å². The number of rotatable bonds is 2. The Morgan fingerprint density at radius 3 is 1.50 bits per heavy atom. The van der Waals surface area contributed by atoms with Crippen molar-refractivity contribution in [1.29, 1.82) is 0 Å². The van der Waals surface area contributed by atoms with E-state index in [0.29, 0.717) is 11.8 Å². The van der Waals surface area contributed by atoms with E-state index < -0.39 is 0 Å². The number of aromatic nitrogens is 2. The molecule has 0 saturated heterocycles. The highest BCUT2D eigenvalue weighted by molar-refractivity contribution is 5.96. The number of nitrogens with one attached hydrogen (secondary N) is 2. The molecule has 0 unspecified atom stereocenters. The van der Waals surface area contributed by atoms with Gasteiger partial charge >= 0.3 is 0 Å². The minimum absolute atomic E-state index is 0.543. The van der Waals surface area contributed by atoms with Gasteiger partial charge < -0.3 is 9.97 Å². The second-order valence-corrected chi connectivity index (χ2v) is 5.79. The first-order valence-electron chi connectivity index (χ1n) is 6.70. The standard InChI is InChI=1S/C16H20N2/c1-9(2)13-6-11-5-12-7-14(10(3)4)18-16(12)8-15(11)17-13/h5-10,17-18H,1-4H3. The van der Waals surface area contributed by atoms with Gasteiger partial charge in [0, 0.05) is 33.2 Å². The first kappa shape index (κ1) is 11.4. The van der Waals surface area contributed by atoms with Crippen LogP contribution >= 0.6 is 0 Å². The Balaban J connectivity index is 2.21. The maximum Gasteiger partial charge on any atom is 0.0477 e. The number of aromatic amines is 2. The summed E-state index contributed by atoms with van der Waals surface area (Å²) in [5, 5.41) is 2.61. The van der Waals surface area contributed by atoms with Crippen LogP contribution in [0, 0.1) is 0 Å². The monoisotopic (exact) mass is 240 g/mol. The molecule has 2 heteroatoms. The summed E-state index contributed by atoms with van der Waals surface area (Å²) in [7, 11) is 0. The Morgan fingerprint density at radius 2 is 1.11 bits per heavy atom. The van der Waals surface area contributed by atoms with E-state index in [1.165, 1.54) is 33.2 Å². The van der Waals surface area contributed by atoms with E-state index in [4.69, 9.17) is 0 Å². The molecule has 0 spiro atoms. The van der Waals surface area contributed by atoms with Crippen molar-refractivity contribution in [2.75, 3.05) is 0 Å². The van der Waals surface area contributed by atoms with Gasteiger partial charge in [-0.05, 0) is 36.1 Å². The molecule has 0 amide bonds. The van der Waals surface area contributed by atoms with Crippen LogP contribution in [-0.4, -0.2) is 9.97 Å². The van der Waals surface area contributed by atoms with Crippen molar-refractivity contribution >= 4 is 21.8 Å². The normalized spacial score (nSPS) is 12.3. The minimum atomic E-state index is 0.543. The SMILES string of the molecule is CC(C)c1cc2cc3cc(C(C)C)[nH]c3cc2[nH]1. The lowest BCUT2D eigenvalue weighted by molar-refractivity contribution is 0.835. The summed E-state index contributed by atoms with van der Waals surface area (Å²) in [4.78, 5) is 7.01. The van der Waals surface area contributed by atoms with Crippen LogP contribution < -0.4 is 0 Å². The molecule has 0 bridgehead atoms. The second kappa shape index (κ2) is 3.91. The number of hydrogen-bond donors (Lipinski definition) is 2. The van der Waals surface area contributed by atoms with Crippen LogP contribution in [0.2, 0.25) is 0 Å². The molecule has 0 aliphatic rings. The van der Waals surface area contributed by atoms with Gasteiger partial charge in [0.1, 0.15) is 0 Å². The zero-order chi connectivity index (χ0) is 12.9. The van der Waals surface area contributed by atoms with Crippen molar-refractivity contribution in [3.63, 3.8) is 0 Å². The fourth-order valence-corrected chi connectivity index (χ4v) is 2.43. The number of H-pyrrole nitrogens is 2. The molecule has 1 aromatic carbocycles. The summed E-state index contributed by atoms with van der Waals surface area (Å²) >= 11 is 0. The molecule has 2 aromatic heterocycles. The Labute approximate surface area is 107 Å².